The summed E-state index contributed by atoms with van der Waals surface area (Å²) in [5.41, 5.74) is 0. The minimum Gasteiger partial charge on any atom is -0.388 e. The SMILES string of the molecule is CC1OC(I)CC(N2C=CCC2)C1O. The van der Waals surface area contributed by atoms with Gasteiger partial charge < -0.3 is 14.7 Å². The molecule has 0 aliphatic carbocycles. The average molecular weight is 309 g/mol. The molecule has 14 heavy (non-hydrogen) atoms. The molecule has 2 rings (SSSR count). The van der Waals surface area contributed by atoms with E-state index in [1.807, 2.05) is 6.92 Å². The van der Waals surface area contributed by atoms with Gasteiger partial charge in [0, 0.05) is 13.0 Å². The smallest absolute Gasteiger partial charge is 0.111 e. The van der Waals surface area contributed by atoms with E-state index in [4.69, 9.17) is 4.74 Å². The van der Waals surface area contributed by atoms with Crippen LogP contribution in [-0.2, 0) is 4.74 Å². The van der Waals surface area contributed by atoms with E-state index in [-0.39, 0.29) is 22.4 Å². The number of hydrogen-bond acceptors (Lipinski definition) is 3. The quantitative estimate of drug-likeness (QED) is 0.589. The average Bonchev–Trinajstić information content (AvgIpc) is 2.63. The van der Waals surface area contributed by atoms with Gasteiger partial charge in [0.05, 0.1) is 12.1 Å². The van der Waals surface area contributed by atoms with Crippen molar-refractivity contribution in [1.82, 2.24) is 4.90 Å². The predicted molar refractivity (Wildman–Crippen MR) is 63.2 cm³/mol. The van der Waals surface area contributed by atoms with Crippen molar-refractivity contribution in [3.63, 3.8) is 0 Å². The van der Waals surface area contributed by atoms with Gasteiger partial charge in [0.15, 0.2) is 0 Å². The number of hydrogen-bond donors (Lipinski definition) is 1. The summed E-state index contributed by atoms with van der Waals surface area (Å²) < 4.78 is 5.80. The van der Waals surface area contributed by atoms with Crippen molar-refractivity contribution < 1.29 is 9.84 Å². The second-order valence-electron chi connectivity index (χ2n) is 3.96. The zero-order valence-electron chi connectivity index (χ0n) is 8.27. The molecular weight excluding hydrogens is 293 g/mol. The van der Waals surface area contributed by atoms with E-state index in [0.29, 0.717) is 0 Å². The van der Waals surface area contributed by atoms with Gasteiger partial charge in [0.25, 0.3) is 0 Å². The van der Waals surface area contributed by atoms with Crippen LogP contribution in [0.3, 0.4) is 0 Å². The van der Waals surface area contributed by atoms with Gasteiger partial charge in [0.2, 0.25) is 0 Å². The van der Waals surface area contributed by atoms with Crippen LogP contribution in [0.1, 0.15) is 19.8 Å². The monoisotopic (exact) mass is 309 g/mol. The van der Waals surface area contributed by atoms with Crippen LogP contribution < -0.4 is 0 Å². The molecule has 4 atom stereocenters. The molecule has 0 aromatic carbocycles. The van der Waals surface area contributed by atoms with Crippen molar-refractivity contribution in [3.8, 4) is 0 Å². The summed E-state index contributed by atoms with van der Waals surface area (Å²) in [6, 6.07) is 0.236. The Morgan fingerprint density at radius 1 is 1.57 bits per heavy atom. The van der Waals surface area contributed by atoms with Crippen LogP contribution in [-0.4, -0.2) is 38.9 Å². The summed E-state index contributed by atoms with van der Waals surface area (Å²) in [6.07, 6.45) is 5.87. The summed E-state index contributed by atoms with van der Waals surface area (Å²) in [5.74, 6) is 0. The fraction of sp³-hybridized carbons (Fsp3) is 0.800. The summed E-state index contributed by atoms with van der Waals surface area (Å²) in [7, 11) is 0. The van der Waals surface area contributed by atoms with Crippen molar-refractivity contribution >= 4 is 22.6 Å². The molecule has 80 valence electrons. The topological polar surface area (TPSA) is 32.7 Å². The molecule has 2 aliphatic heterocycles. The fourth-order valence-corrected chi connectivity index (χ4v) is 3.11. The minimum absolute atomic E-state index is 0.0513. The molecule has 1 saturated heterocycles. The van der Waals surface area contributed by atoms with Gasteiger partial charge in [-0.05, 0) is 19.5 Å². The molecule has 0 aromatic heterocycles. The molecule has 4 unspecified atom stereocenters. The van der Waals surface area contributed by atoms with E-state index in [9.17, 15) is 5.11 Å². The van der Waals surface area contributed by atoms with E-state index in [1.165, 1.54) is 0 Å². The summed E-state index contributed by atoms with van der Waals surface area (Å²) >= 11 is 2.30. The third kappa shape index (κ3) is 2.06. The van der Waals surface area contributed by atoms with Crippen LogP contribution in [0.5, 0.6) is 0 Å². The van der Waals surface area contributed by atoms with Crippen molar-refractivity contribution in [2.75, 3.05) is 6.54 Å². The lowest BCUT2D eigenvalue weighted by Gasteiger charge is -2.40. The van der Waals surface area contributed by atoms with Crippen molar-refractivity contribution in [1.29, 1.82) is 0 Å². The molecular formula is C10H16INO2. The van der Waals surface area contributed by atoms with Crippen LogP contribution in [0.25, 0.3) is 0 Å². The molecule has 0 aromatic rings. The maximum absolute atomic E-state index is 10.0. The van der Waals surface area contributed by atoms with E-state index in [2.05, 4.69) is 39.8 Å². The number of aliphatic hydroxyl groups is 1. The lowest BCUT2D eigenvalue weighted by atomic mass is 9.99. The largest absolute Gasteiger partial charge is 0.388 e. The Morgan fingerprint density at radius 3 is 3.00 bits per heavy atom. The van der Waals surface area contributed by atoms with E-state index < -0.39 is 0 Å². The highest BCUT2D eigenvalue weighted by Crippen LogP contribution is 2.29. The number of aliphatic hydroxyl groups excluding tert-OH is 1. The predicted octanol–water partition coefficient (Wildman–Crippen LogP) is 1.51. The molecule has 2 aliphatic rings. The number of alkyl halides is 1. The highest BCUT2D eigenvalue weighted by atomic mass is 127. The standard InChI is InChI=1S/C10H16INO2/c1-7-10(13)8(6-9(11)14-7)12-4-2-3-5-12/h2,4,7-10,13H,3,5-6H2,1H3. The third-order valence-corrected chi connectivity index (χ3v) is 3.74. The van der Waals surface area contributed by atoms with Crippen LogP contribution in [0.15, 0.2) is 12.3 Å². The normalized spacial score (nSPS) is 43.2. The summed E-state index contributed by atoms with van der Waals surface area (Å²) in [5, 5.41) is 10.0. The third-order valence-electron chi connectivity index (χ3n) is 2.94. The first-order valence-electron chi connectivity index (χ1n) is 5.08. The number of rotatable bonds is 1. The van der Waals surface area contributed by atoms with Gasteiger partial charge in [-0.2, -0.15) is 0 Å². The van der Waals surface area contributed by atoms with Crippen molar-refractivity contribution in [2.24, 2.45) is 0 Å². The van der Waals surface area contributed by atoms with Crippen molar-refractivity contribution in [3.05, 3.63) is 12.3 Å². The van der Waals surface area contributed by atoms with Gasteiger partial charge in [-0.3, -0.25) is 0 Å². The second kappa shape index (κ2) is 4.37. The number of halogens is 1. The van der Waals surface area contributed by atoms with Crippen LogP contribution >= 0.6 is 22.6 Å². The maximum Gasteiger partial charge on any atom is 0.111 e. The maximum atomic E-state index is 10.0. The van der Waals surface area contributed by atoms with Crippen LogP contribution in [0.2, 0.25) is 0 Å². The van der Waals surface area contributed by atoms with Gasteiger partial charge in [-0.15, -0.1) is 0 Å². The first kappa shape index (κ1) is 10.7. The Bertz CT molecular complexity index is 234. The Kier molecular flexibility index (Phi) is 3.34. The Hall–Kier alpha value is 0.190. The molecule has 1 N–H and O–H groups in total. The van der Waals surface area contributed by atoms with E-state index in [0.717, 1.165) is 19.4 Å². The molecule has 0 radical (unpaired) electrons. The van der Waals surface area contributed by atoms with Gasteiger partial charge in [0.1, 0.15) is 10.2 Å². The molecule has 2 heterocycles. The van der Waals surface area contributed by atoms with Gasteiger partial charge in [-0.1, -0.05) is 28.7 Å². The van der Waals surface area contributed by atoms with Crippen LogP contribution in [0, 0.1) is 0 Å². The van der Waals surface area contributed by atoms with Gasteiger partial charge in [-0.25, -0.2) is 0 Å². The molecule has 0 bridgehead atoms. The minimum atomic E-state index is -0.358. The highest BCUT2D eigenvalue weighted by Gasteiger charge is 2.37. The zero-order valence-corrected chi connectivity index (χ0v) is 10.4. The van der Waals surface area contributed by atoms with Crippen LogP contribution in [0.4, 0.5) is 0 Å². The first-order chi connectivity index (χ1) is 6.68. The zero-order chi connectivity index (χ0) is 10.1. The lowest BCUT2D eigenvalue weighted by molar-refractivity contribution is -0.107. The fourth-order valence-electron chi connectivity index (χ4n) is 2.13. The summed E-state index contributed by atoms with van der Waals surface area (Å²) in [4.78, 5) is 2.25. The molecule has 3 nitrogen and oxygen atoms in total. The molecule has 0 spiro atoms. The number of ether oxygens (including phenoxy) is 1. The lowest BCUT2D eigenvalue weighted by Crippen LogP contribution is -2.51. The Balaban J connectivity index is 2.04. The first-order valence-corrected chi connectivity index (χ1v) is 6.33. The Labute approximate surface area is 98.3 Å². The Morgan fingerprint density at radius 2 is 2.36 bits per heavy atom. The summed E-state index contributed by atoms with van der Waals surface area (Å²) in [6.45, 7) is 2.99. The van der Waals surface area contributed by atoms with Crippen molar-refractivity contribution in [2.45, 2.75) is 42.1 Å². The molecule has 0 saturated carbocycles. The highest BCUT2D eigenvalue weighted by molar-refractivity contribution is 14.1. The van der Waals surface area contributed by atoms with E-state index >= 15 is 0 Å². The number of nitrogens with zero attached hydrogens (tertiary/aromatic N) is 1. The molecule has 4 heteroatoms. The molecule has 1 fully saturated rings. The van der Waals surface area contributed by atoms with Gasteiger partial charge >= 0.3 is 0 Å². The molecule has 0 amide bonds. The second-order valence-corrected chi connectivity index (χ2v) is 5.35. The van der Waals surface area contributed by atoms with E-state index in [1.54, 1.807) is 0 Å².